The first kappa shape index (κ1) is 16.0. The fourth-order valence-electron chi connectivity index (χ4n) is 2.93. The SMILES string of the molecule is COc1ccc(Nc2cc(-c3ccccc3)nc3ccc(N)cc23)cc1. The van der Waals surface area contributed by atoms with Crippen molar-refractivity contribution in [1.82, 2.24) is 4.98 Å². The molecule has 0 amide bonds. The van der Waals surface area contributed by atoms with Crippen molar-refractivity contribution in [3.63, 3.8) is 0 Å². The summed E-state index contributed by atoms with van der Waals surface area (Å²) in [6, 6.07) is 25.8. The third-order valence-corrected chi connectivity index (χ3v) is 4.27. The van der Waals surface area contributed by atoms with Crippen molar-refractivity contribution in [1.29, 1.82) is 0 Å². The van der Waals surface area contributed by atoms with Crippen molar-refractivity contribution in [2.45, 2.75) is 0 Å². The molecule has 3 aromatic carbocycles. The van der Waals surface area contributed by atoms with Crippen molar-refractivity contribution < 1.29 is 4.74 Å². The Kier molecular flexibility index (Phi) is 4.15. The summed E-state index contributed by atoms with van der Waals surface area (Å²) in [6.45, 7) is 0. The second kappa shape index (κ2) is 6.76. The van der Waals surface area contributed by atoms with Gasteiger partial charge in [0.05, 0.1) is 24.0 Å². The number of hydrogen-bond acceptors (Lipinski definition) is 4. The Morgan fingerprint density at radius 1 is 0.885 bits per heavy atom. The standard InChI is InChI=1S/C22H19N3O/c1-26-18-10-8-17(9-11-18)24-22-14-21(15-5-3-2-4-6-15)25-20-12-7-16(23)13-19(20)22/h2-14H,23H2,1H3,(H,24,25). The van der Waals surface area contributed by atoms with Gasteiger partial charge in [0.15, 0.2) is 0 Å². The number of nitrogens with zero attached hydrogens (tertiary/aromatic N) is 1. The Morgan fingerprint density at radius 3 is 2.38 bits per heavy atom. The van der Waals surface area contributed by atoms with Crippen LogP contribution in [0.3, 0.4) is 0 Å². The molecular weight excluding hydrogens is 322 g/mol. The van der Waals surface area contributed by atoms with Crippen LogP contribution in [0.15, 0.2) is 78.9 Å². The van der Waals surface area contributed by atoms with Crippen LogP contribution in [0, 0.1) is 0 Å². The minimum absolute atomic E-state index is 0.713. The summed E-state index contributed by atoms with van der Waals surface area (Å²) in [5, 5.41) is 4.47. The molecule has 0 saturated heterocycles. The van der Waals surface area contributed by atoms with Crippen LogP contribution in [0.1, 0.15) is 0 Å². The van der Waals surface area contributed by atoms with Gasteiger partial charge in [0.25, 0.3) is 0 Å². The Hall–Kier alpha value is -3.53. The molecule has 4 rings (SSSR count). The lowest BCUT2D eigenvalue weighted by molar-refractivity contribution is 0.415. The van der Waals surface area contributed by atoms with Crippen LogP contribution in [-0.2, 0) is 0 Å². The quantitative estimate of drug-likeness (QED) is 0.499. The monoisotopic (exact) mass is 341 g/mol. The number of nitrogens with one attached hydrogen (secondary N) is 1. The molecule has 0 fully saturated rings. The van der Waals surface area contributed by atoms with Crippen molar-refractivity contribution in [3.8, 4) is 17.0 Å². The summed E-state index contributed by atoms with van der Waals surface area (Å²) in [7, 11) is 1.66. The summed E-state index contributed by atoms with van der Waals surface area (Å²) in [4.78, 5) is 4.80. The molecule has 0 atom stereocenters. The second-order valence-electron chi connectivity index (χ2n) is 6.05. The lowest BCUT2D eigenvalue weighted by Crippen LogP contribution is -1.96. The Bertz CT molecular complexity index is 1040. The first-order valence-electron chi connectivity index (χ1n) is 8.40. The summed E-state index contributed by atoms with van der Waals surface area (Å²) >= 11 is 0. The number of benzene rings is 3. The fraction of sp³-hybridized carbons (Fsp3) is 0.0455. The predicted molar refractivity (Wildman–Crippen MR) is 108 cm³/mol. The van der Waals surface area contributed by atoms with Crippen LogP contribution in [0.2, 0.25) is 0 Å². The minimum Gasteiger partial charge on any atom is -0.497 e. The van der Waals surface area contributed by atoms with Crippen molar-refractivity contribution >= 4 is 28.0 Å². The number of aromatic nitrogens is 1. The molecule has 0 radical (unpaired) electrons. The zero-order valence-electron chi connectivity index (χ0n) is 14.4. The first-order chi connectivity index (χ1) is 12.7. The van der Waals surface area contributed by atoms with E-state index < -0.39 is 0 Å². The van der Waals surface area contributed by atoms with Crippen molar-refractivity contribution in [2.24, 2.45) is 0 Å². The number of nitrogens with two attached hydrogens (primary N) is 1. The molecule has 0 aliphatic rings. The van der Waals surface area contributed by atoms with Gasteiger partial charge in [-0.3, -0.25) is 0 Å². The number of nitrogen functional groups attached to an aromatic ring is 1. The van der Waals surface area contributed by atoms with Crippen LogP contribution >= 0.6 is 0 Å². The van der Waals surface area contributed by atoms with Crippen LogP contribution in [0.25, 0.3) is 22.2 Å². The lowest BCUT2D eigenvalue weighted by atomic mass is 10.1. The van der Waals surface area contributed by atoms with Crippen LogP contribution < -0.4 is 15.8 Å². The van der Waals surface area contributed by atoms with E-state index in [1.54, 1.807) is 7.11 Å². The van der Waals surface area contributed by atoms with Crippen molar-refractivity contribution in [3.05, 3.63) is 78.9 Å². The summed E-state index contributed by atoms with van der Waals surface area (Å²) < 4.78 is 5.23. The van der Waals surface area contributed by atoms with E-state index in [1.165, 1.54) is 0 Å². The number of anilines is 3. The van der Waals surface area contributed by atoms with Crippen molar-refractivity contribution in [2.75, 3.05) is 18.2 Å². The zero-order valence-corrected chi connectivity index (χ0v) is 14.4. The largest absolute Gasteiger partial charge is 0.497 e. The maximum Gasteiger partial charge on any atom is 0.119 e. The average molecular weight is 341 g/mol. The van der Waals surface area contributed by atoms with E-state index in [4.69, 9.17) is 15.5 Å². The van der Waals surface area contributed by atoms with Crippen LogP contribution in [-0.4, -0.2) is 12.1 Å². The number of fused-ring (bicyclic) bond motifs is 1. The van der Waals surface area contributed by atoms with Gasteiger partial charge in [-0.05, 0) is 48.5 Å². The highest BCUT2D eigenvalue weighted by Crippen LogP contribution is 2.32. The third-order valence-electron chi connectivity index (χ3n) is 4.27. The first-order valence-corrected chi connectivity index (χ1v) is 8.40. The normalized spacial score (nSPS) is 10.7. The molecule has 0 aliphatic carbocycles. The van der Waals surface area contributed by atoms with E-state index in [0.29, 0.717) is 5.69 Å². The van der Waals surface area contributed by atoms with E-state index in [9.17, 15) is 0 Å². The van der Waals surface area contributed by atoms with Gasteiger partial charge in [-0.2, -0.15) is 0 Å². The van der Waals surface area contributed by atoms with Gasteiger partial charge < -0.3 is 15.8 Å². The van der Waals surface area contributed by atoms with Gasteiger partial charge in [0, 0.05) is 22.3 Å². The Morgan fingerprint density at radius 2 is 1.65 bits per heavy atom. The number of ether oxygens (including phenoxy) is 1. The van der Waals surface area contributed by atoms with Gasteiger partial charge in [0.2, 0.25) is 0 Å². The van der Waals surface area contributed by atoms with E-state index >= 15 is 0 Å². The van der Waals surface area contributed by atoms with E-state index in [0.717, 1.165) is 39.3 Å². The molecule has 26 heavy (non-hydrogen) atoms. The maximum absolute atomic E-state index is 6.00. The van der Waals surface area contributed by atoms with E-state index in [2.05, 4.69) is 23.5 Å². The zero-order chi connectivity index (χ0) is 17.9. The topological polar surface area (TPSA) is 60.2 Å². The molecule has 4 heteroatoms. The Labute approximate surface area is 152 Å². The average Bonchev–Trinajstić information content (AvgIpc) is 2.69. The highest BCUT2D eigenvalue weighted by molar-refractivity contribution is 5.97. The van der Waals surface area contributed by atoms with Crippen LogP contribution in [0.4, 0.5) is 17.1 Å². The molecule has 0 bridgehead atoms. The molecule has 1 aromatic heterocycles. The number of hydrogen-bond donors (Lipinski definition) is 2. The Balaban J connectivity index is 1.83. The third kappa shape index (κ3) is 3.17. The molecule has 1 heterocycles. The minimum atomic E-state index is 0.713. The predicted octanol–water partition coefficient (Wildman–Crippen LogP) is 5.24. The molecule has 0 saturated carbocycles. The summed E-state index contributed by atoms with van der Waals surface area (Å²) in [5.74, 6) is 0.823. The van der Waals surface area contributed by atoms with Crippen LogP contribution in [0.5, 0.6) is 5.75 Å². The maximum atomic E-state index is 6.00. The molecule has 128 valence electrons. The molecule has 0 unspecified atom stereocenters. The number of pyridine rings is 1. The summed E-state index contributed by atoms with van der Waals surface area (Å²) in [5.41, 5.74) is 11.5. The lowest BCUT2D eigenvalue weighted by Gasteiger charge is -2.13. The second-order valence-corrected chi connectivity index (χ2v) is 6.05. The molecule has 3 N–H and O–H groups in total. The van der Waals surface area contributed by atoms with E-state index in [1.807, 2.05) is 60.7 Å². The molecular formula is C22H19N3O. The summed E-state index contributed by atoms with van der Waals surface area (Å²) in [6.07, 6.45) is 0. The smallest absolute Gasteiger partial charge is 0.119 e. The highest BCUT2D eigenvalue weighted by atomic mass is 16.5. The van der Waals surface area contributed by atoms with Gasteiger partial charge in [-0.25, -0.2) is 4.98 Å². The molecule has 0 spiro atoms. The number of methoxy groups -OCH3 is 1. The number of rotatable bonds is 4. The molecule has 4 aromatic rings. The van der Waals surface area contributed by atoms with Gasteiger partial charge >= 0.3 is 0 Å². The van der Waals surface area contributed by atoms with E-state index in [-0.39, 0.29) is 0 Å². The highest BCUT2D eigenvalue weighted by Gasteiger charge is 2.09. The van der Waals surface area contributed by atoms with Gasteiger partial charge in [0.1, 0.15) is 5.75 Å². The fourth-order valence-corrected chi connectivity index (χ4v) is 2.93. The van der Waals surface area contributed by atoms with Gasteiger partial charge in [-0.1, -0.05) is 30.3 Å². The van der Waals surface area contributed by atoms with Gasteiger partial charge in [-0.15, -0.1) is 0 Å². The molecule has 4 nitrogen and oxygen atoms in total. The molecule has 0 aliphatic heterocycles.